The third-order valence-electron chi connectivity index (χ3n) is 7.24. The molecule has 2 amide bonds. The molecule has 3 heteroatoms. The zero-order chi connectivity index (χ0) is 20.6. The number of carbonyl (C=O) groups excluding carboxylic acids is 2. The zero-order valence-electron chi connectivity index (χ0n) is 17.1. The summed E-state index contributed by atoms with van der Waals surface area (Å²) in [6.45, 7) is 4.39. The van der Waals surface area contributed by atoms with E-state index >= 15 is 0 Å². The minimum Gasteiger partial charge on any atom is -0.274 e. The molecule has 3 nitrogen and oxygen atoms in total. The van der Waals surface area contributed by atoms with E-state index in [1.807, 2.05) is 36.4 Å². The Morgan fingerprint density at radius 2 is 1.20 bits per heavy atom. The summed E-state index contributed by atoms with van der Waals surface area (Å²) < 4.78 is 0. The van der Waals surface area contributed by atoms with E-state index < -0.39 is 0 Å². The summed E-state index contributed by atoms with van der Waals surface area (Å²) in [5, 5.41) is 0. The maximum absolute atomic E-state index is 13.7. The molecule has 3 aliphatic carbocycles. The van der Waals surface area contributed by atoms with E-state index in [2.05, 4.69) is 50.2 Å². The second kappa shape index (κ2) is 6.15. The lowest BCUT2D eigenvalue weighted by Crippen LogP contribution is -2.41. The Morgan fingerprint density at radius 1 is 0.667 bits per heavy atom. The van der Waals surface area contributed by atoms with Crippen LogP contribution in [0, 0.1) is 11.8 Å². The minimum atomic E-state index is -0.326. The van der Waals surface area contributed by atoms with Crippen molar-refractivity contribution in [3.05, 3.63) is 101 Å². The molecule has 2 bridgehead atoms. The van der Waals surface area contributed by atoms with Gasteiger partial charge in [0.25, 0.3) is 0 Å². The first-order valence-electron chi connectivity index (χ1n) is 10.7. The molecule has 3 aromatic rings. The van der Waals surface area contributed by atoms with Gasteiger partial charge in [0, 0.05) is 11.8 Å². The molecule has 4 aliphatic rings. The summed E-state index contributed by atoms with van der Waals surface area (Å²) in [4.78, 5) is 28.8. The molecular weight excluding hydrogens is 370 g/mol. The predicted molar refractivity (Wildman–Crippen MR) is 117 cm³/mol. The standard InChI is InChI=1S/C27H23NO2/c1-15(2)16-12-13-20-21(14-16)23-19-11-7-6-10-18(19)22(20)24-25(23)27(30)28(26(24)29)17-8-4-3-5-9-17/h3-15,22-25H,1-2H3/t22-,23-,24-,25+/m0/s1. The van der Waals surface area contributed by atoms with Crippen molar-refractivity contribution in [1.29, 1.82) is 0 Å². The van der Waals surface area contributed by atoms with Crippen LogP contribution in [-0.4, -0.2) is 11.8 Å². The number of imide groups is 1. The van der Waals surface area contributed by atoms with Crippen molar-refractivity contribution < 1.29 is 9.59 Å². The Bertz CT molecular complexity index is 1200. The number of rotatable bonds is 2. The van der Waals surface area contributed by atoms with Gasteiger partial charge in [-0.15, -0.1) is 0 Å². The average molecular weight is 393 g/mol. The first-order chi connectivity index (χ1) is 14.6. The van der Waals surface area contributed by atoms with Gasteiger partial charge in [0.2, 0.25) is 11.8 Å². The van der Waals surface area contributed by atoms with Gasteiger partial charge < -0.3 is 0 Å². The topological polar surface area (TPSA) is 37.4 Å². The van der Waals surface area contributed by atoms with E-state index in [1.54, 1.807) is 0 Å². The van der Waals surface area contributed by atoms with Gasteiger partial charge in [0.1, 0.15) is 0 Å². The van der Waals surface area contributed by atoms with Gasteiger partial charge in [-0.1, -0.05) is 74.5 Å². The predicted octanol–water partition coefficient (Wildman–Crippen LogP) is 5.21. The maximum atomic E-state index is 13.7. The summed E-state index contributed by atoms with van der Waals surface area (Å²) in [5.41, 5.74) is 6.85. The molecular formula is C27H23NO2. The van der Waals surface area contributed by atoms with E-state index in [0.717, 1.165) is 0 Å². The number of anilines is 1. The van der Waals surface area contributed by atoms with Crippen LogP contribution in [0.25, 0.3) is 0 Å². The summed E-state index contributed by atoms with van der Waals surface area (Å²) in [6, 6.07) is 24.5. The third kappa shape index (κ3) is 2.15. The number of carbonyl (C=O) groups is 2. The van der Waals surface area contributed by atoms with Gasteiger partial charge in [-0.25, -0.2) is 4.90 Å². The quantitative estimate of drug-likeness (QED) is 0.561. The number of benzene rings is 3. The molecule has 0 spiro atoms. The van der Waals surface area contributed by atoms with E-state index in [9.17, 15) is 9.59 Å². The lowest BCUT2D eigenvalue weighted by molar-refractivity contribution is -0.122. The molecule has 1 heterocycles. The van der Waals surface area contributed by atoms with E-state index in [1.165, 1.54) is 32.7 Å². The third-order valence-corrected chi connectivity index (χ3v) is 7.24. The molecule has 0 N–H and O–H groups in total. The first-order valence-corrected chi connectivity index (χ1v) is 10.7. The van der Waals surface area contributed by atoms with Gasteiger partial charge in [0.15, 0.2) is 0 Å². The second-order valence-electron chi connectivity index (χ2n) is 9.03. The second-order valence-corrected chi connectivity index (χ2v) is 9.03. The monoisotopic (exact) mass is 393 g/mol. The first kappa shape index (κ1) is 17.6. The highest BCUT2D eigenvalue weighted by molar-refractivity contribution is 6.23. The molecule has 30 heavy (non-hydrogen) atoms. The molecule has 7 rings (SSSR count). The number of hydrogen-bond acceptors (Lipinski definition) is 2. The van der Waals surface area contributed by atoms with E-state index in [0.29, 0.717) is 11.6 Å². The van der Waals surface area contributed by atoms with Crippen LogP contribution in [0.5, 0.6) is 0 Å². The fraction of sp³-hybridized carbons (Fsp3) is 0.259. The lowest BCUT2D eigenvalue weighted by Gasteiger charge is -2.46. The van der Waals surface area contributed by atoms with Crippen LogP contribution in [0.15, 0.2) is 72.8 Å². The molecule has 1 fully saturated rings. The molecule has 4 atom stereocenters. The molecule has 1 aliphatic heterocycles. The Morgan fingerprint density at radius 3 is 1.80 bits per heavy atom. The summed E-state index contributed by atoms with van der Waals surface area (Å²) in [7, 11) is 0. The van der Waals surface area contributed by atoms with Crippen LogP contribution >= 0.6 is 0 Å². The highest BCUT2D eigenvalue weighted by Gasteiger charge is 2.61. The fourth-order valence-corrected chi connectivity index (χ4v) is 5.94. The van der Waals surface area contributed by atoms with Crippen molar-refractivity contribution in [1.82, 2.24) is 0 Å². The van der Waals surface area contributed by atoms with Crippen molar-refractivity contribution in [2.75, 3.05) is 4.90 Å². The van der Waals surface area contributed by atoms with Crippen LogP contribution in [-0.2, 0) is 9.59 Å². The van der Waals surface area contributed by atoms with Crippen molar-refractivity contribution in [2.45, 2.75) is 31.6 Å². The maximum Gasteiger partial charge on any atom is 0.238 e. The Kier molecular flexibility index (Phi) is 3.62. The van der Waals surface area contributed by atoms with Crippen LogP contribution < -0.4 is 4.90 Å². The lowest BCUT2D eigenvalue weighted by atomic mass is 9.54. The van der Waals surface area contributed by atoms with Gasteiger partial charge in [-0.3, -0.25) is 9.59 Å². The van der Waals surface area contributed by atoms with Gasteiger partial charge in [-0.05, 0) is 45.9 Å². The summed E-state index contributed by atoms with van der Waals surface area (Å²) in [6.07, 6.45) is 0. The average Bonchev–Trinajstić information content (AvgIpc) is 3.04. The molecule has 0 unspecified atom stereocenters. The number of nitrogens with zero attached hydrogens (tertiary/aromatic N) is 1. The Hall–Kier alpha value is -3.20. The largest absolute Gasteiger partial charge is 0.274 e. The molecule has 3 aromatic carbocycles. The van der Waals surface area contributed by atoms with Gasteiger partial charge in [0.05, 0.1) is 17.5 Å². The Balaban J connectivity index is 1.58. The highest BCUT2D eigenvalue weighted by Crippen LogP contribution is 2.61. The van der Waals surface area contributed by atoms with Gasteiger partial charge >= 0.3 is 0 Å². The molecule has 0 saturated carbocycles. The van der Waals surface area contributed by atoms with Crippen molar-refractivity contribution in [3.63, 3.8) is 0 Å². The minimum absolute atomic E-state index is 0.0543. The fourth-order valence-electron chi connectivity index (χ4n) is 5.94. The smallest absolute Gasteiger partial charge is 0.238 e. The van der Waals surface area contributed by atoms with Crippen molar-refractivity contribution in [3.8, 4) is 0 Å². The van der Waals surface area contributed by atoms with Gasteiger partial charge in [-0.2, -0.15) is 0 Å². The summed E-state index contributed by atoms with van der Waals surface area (Å²) in [5.74, 6) is -0.459. The number of hydrogen-bond donors (Lipinski definition) is 0. The number of amides is 2. The summed E-state index contributed by atoms with van der Waals surface area (Å²) >= 11 is 0. The van der Waals surface area contributed by atoms with E-state index in [4.69, 9.17) is 0 Å². The number of para-hydroxylation sites is 1. The van der Waals surface area contributed by atoms with Crippen LogP contribution in [0.4, 0.5) is 5.69 Å². The molecule has 148 valence electrons. The van der Waals surface area contributed by atoms with Crippen molar-refractivity contribution in [2.24, 2.45) is 11.8 Å². The van der Waals surface area contributed by atoms with E-state index in [-0.39, 0.29) is 35.5 Å². The van der Waals surface area contributed by atoms with Crippen LogP contribution in [0.3, 0.4) is 0 Å². The normalized spacial score (nSPS) is 26.0. The van der Waals surface area contributed by atoms with Crippen LogP contribution in [0.2, 0.25) is 0 Å². The Labute approximate surface area is 176 Å². The zero-order valence-corrected chi connectivity index (χ0v) is 17.1. The van der Waals surface area contributed by atoms with Crippen molar-refractivity contribution >= 4 is 17.5 Å². The molecule has 1 saturated heterocycles. The highest BCUT2D eigenvalue weighted by atomic mass is 16.2. The van der Waals surface area contributed by atoms with Crippen LogP contribution in [0.1, 0.15) is 59.4 Å². The SMILES string of the molecule is CC(C)c1ccc2c(c1)[C@@H]1c3ccccc3[C@@H]2[C@@H]2C(=O)N(c3ccccc3)C(=O)[C@H]12. The molecule has 0 aromatic heterocycles. The molecule has 0 radical (unpaired) electrons.